The van der Waals surface area contributed by atoms with Gasteiger partial charge in [-0.2, -0.15) is 0 Å². The van der Waals surface area contributed by atoms with E-state index in [0.717, 1.165) is 29.7 Å². The summed E-state index contributed by atoms with van der Waals surface area (Å²) in [5, 5.41) is 2.41. The molecule has 0 aromatic heterocycles. The van der Waals surface area contributed by atoms with E-state index in [1.54, 1.807) is 0 Å². The average Bonchev–Trinajstić information content (AvgIpc) is 2.89. The first kappa shape index (κ1) is 12.0. The van der Waals surface area contributed by atoms with Crippen molar-refractivity contribution in [3.63, 3.8) is 0 Å². The van der Waals surface area contributed by atoms with E-state index in [4.69, 9.17) is 9.47 Å². The molecule has 1 atom stereocenters. The summed E-state index contributed by atoms with van der Waals surface area (Å²) in [6, 6.07) is 12.4. The molecule has 18 heavy (non-hydrogen) atoms. The third-order valence-corrected chi connectivity index (χ3v) is 3.73. The molecule has 3 heteroatoms. The Morgan fingerprint density at radius 1 is 1.17 bits per heavy atom. The normalized spacial score (nSPS) is 19.3. The number of hydrogen-bond donors (Lipinski definition) is 0. The highest BCUT2D eigenvalue weighted by atomic mass is 79.9. The van der Waals surface area contributed by atoms with Crippen LogP contribution in [-0.2, 0) is 4.74 Å². The molecule has 0 amide bonds. The van der Waals surface area contributed by atoms with Gasteiger partial charge in [-0.1, -0.05) is 28.1 Å². The van der Waals surface area contributed by atoms with Crippen LogP contribution < -0.4 is 4.74 Å². The lowest BCUT2D eigenvalue weighted by Crippen LogP contribution is -2.16. The van der Waals surface area contributed by atoms with Gasteiger partial charge in [-0.25, -0.2) is 0 Å². The first-order valence-corrected chi connectivity index (χ1v) is 7.04. The molecular formula is C15H15BrO2. The van der Waals surface area contributed by atoms with Gasteiger partial charge in [-0.3, -0.25) is 0 Å². The number of benzene rings is 2. The quantitative estimate of drug-likeness (QED) is 0.847. The van der Waals surface area contributed by atoms with E-state index >= 15 is 0 Å². The van der Waals surface area contributed by atoms with Crippen LogP contribution in [0, 0.1) is 0 Å². The van der Waals surface area contributed by atoms with E-state index in [0.29, 0.717) is 6.61 Å². The number of ether oxygens (including phenoxy) is 2. The Balaban J connectivity index is 1.74. The lowest BCUT2D eigenvalue weighted by atomic mass is 10.1. The molecule has 2 aromatic rings. The van der Waals surface area contributed by atoms with Crippen LogP contribution in [0.4, 0.5) is 0 Å². The number of rotatable bonds is 3. The Labute approximate surface area is 115 Å². The van der Waals surface area contributed by atoms with E-state index < -0.39 is 0 Å². The first-order valence-electron chi connectivity index (χ1n) is 6.25. The van der Waals surface area contributed by atoms with Gasteiger partial charge in [-0.05, 0) is 47.9 Å². The van der Waals surface area contributed by atoms with Gasteiger partial charge in [0.1, 0.15) is 12.4 Å². The van der Waals surface area contributed by atoms with Gasteiger partial charge in [0.25, 0.3) is 0 Å². The van der Waals surface area contributed by atoms with Crippen molar-refractivity contribution in [2.45, 2.75) is 18.9 Å². The number of hydrogen-bond acceptors (Lipinski definition) is 2. The molecule has 2 aromatic carbocycles. The summed E-state index contributed by atoms with van der Waals surface area (Å²) in [7, 11) is 0. The van der Waals surface area contributed by atoms with Crippen molar-refractivity contribution >= 4 is 26.7 Å². The molecule has 94 valence electrons. The van der Waals surface area contributed by atoms with Crippen molar-refractivity contribution < 1.29 is 9.47 Å². The molecule has 0 unspecified atom stereocenters. The standard InChI is InChI=1S/C15H15BrO2/c16-13-5-3-12-9-14(6-4-11(12)8-13)18-10-15-2-1-7-17-15/h3-6,8-9,15H,1-2,7,10H2/t15-/m1/s1. The van der Waals surface area contributed by atoms with Crippen LogP contribution in [-0.4, -0.2) is 19.3 Å². The summed E-state index contributed by atoms with van der Waals surface area (Å²) in [6.45, 7) is 1.53. The summed E-state index contributed by atoms with van der Waals surface area (Å²) >= 11 is 3.48. The lowest BCUT2D eigenvalue weighted by molar-refractivity contribution is 0.0680. The minimum absolute atomic E-state index is 0.269. The van der Waals surface area contributed by atoms with Crippen LogP contribution in [0.15, 0.2) is 40.9 Å². The maximum absolute atomic E-state index is 5.79. The van der Waals surface area contributed by atoms with Crippen molar-refractivity contribution in [2.75, 3.05) is 13.2 Å². The Hall–Kier alpha value is -1.06. The topological polar surface area (TPSA) is 18.5 Å². The van der Waals surface area contributed by atoms with Crippen molar-refractivity contribution in [1.29, 1.82) is 0 Å². The fourth-order valence-corrected chi connectivity index (χ4v) is 2.63. The molecule has 0 aliphatic carbocycles. The molecule has 0 radical (unpaired) electrons. The molecule has 1 aliphatic rings. The highest BCUT2D eigenvalue weighted by Crippen LogP contribution is 2.24. The maximum atomic E-state index is 5.79. The zero-order chi connectivity index (χ0) is 12.4. The van der Waals surface area contributed by atoms with Gasteiger partial charge in [0, 0.05) is 11.1 Å². The molecule has 0 bridgehead atoms. The summed E-state index contributed by atoms with van der Waals surface area (Å²) in [5.41, 5.74) is 0. The Morgan fingerprint density at radius 3 is 2.83 bits per heavy atom. The van der Waals surface area contributed by atoms with Crippen LogP contribution in [0.1, 0.15) is 12.8 Å². The zero-order valence-corrected chi connectivity index (χ0v) is 11.7. The summed E-state index contributed by atoms with van der Waals surface area (Å²) in [4.78, 5) is 0. The molecular weight excluding hydrogens is 292 g/mol. The molecule has 0 saturated carbocycles. The second-order valence-electron chi connectivity index (χ2n) is 4.60. The van der Waals surface area contributed by atoms with Crippen molar-refractivity contribution in [3.8, 4) is 5.75 Å². The van der Waals surface area contributed by atoms with Gasteiger partial charge in [0.15, 0.2) is 0 Å². The Morgan fingerprint density at radius 2 is 2.00 bits per heavy atom. The average molecular weight is 307 g/mol. The van der Waals surface area contributed by atoms with Crippen LogP contribution in [0.2, 0.25) is 0 Å². The monoisotopic (exact) mass is 306 g/mol. The van der Waals surface area contributed by atoms with E-state index in [-0.39, 0.29) is 6.10 Å². The Bertz CT molecular complexity index is 547. The number of fused-ring (bicyclic) bond motifs is 1. The van der Waals surface area contributed by atoms with Crippen LogP contribution in [0.25, 0.3) is 10.8 Å². The molecule has 1 fully saturated rings. The summed E-state index contributed by atoms with van der Waals surface area (Å²) in [6.07, 6.45) is 2.53. The second-order valence-corrected chi connectivity index (χ2v) is 5.51. The van der Waals surface area contributed by atoms with E-state index in [9.17, 15) is 0 Å². The van der Waals surface area contributed by atoms with Gasteiger partial charge < -0.3 is 9.47 Å². The first-order chi connectivity index (χ1) is 8.81. The third-order valence-electron chi connectivity index (χ3n) is 3.23. The van der Waals surface area contributed by atoms with Crippen LogP contribution in [0.3, 0.4) is 0 Å². The molecule has 3 rings (SSSR count). The minimum atomic E-state index is 0.269. The summed E-state index contributed by atoms with van der Waals surface area (Å²) in [5.74, 6) is 0.917. The maximum Gasteiger partial charge on any atom is 0.120 e. The fraction of sp³-hybridized carbons (Fsp3) is 0.333. The van der Waals surface area contributed by atoms with Gasteiger partial charge in [0.05, 0.1) is 6.10 Å². The largest absolute Gasteiger partial charge is 0.491 e. The Kier molecular flexibility index (Phi) is 3.52. The van der Waals surface area contributed by atoms with E-state index in [1.165, 1.54) is 10.8 Å². The molecule has 1 heterocycles. The molecule has 0 spiro atoms. The van der Waals surface area contributed by atoms with Gasteiger partial charge >= 0.3 is 0 Å². The van der Waals surface area contributed by atoms with Gasteiger partial charge in [-0.15, -0.1) is 0 Å². The predicted octanol–water partition coefficient (Wildman–Crippen LogP) is 4.16. The molecule has 0 N–H and O–H groups in total. The van der Waals surface area contributed by atoms with Crippen molar-refractivity contribution in [3.05, 3.63) is 40.9 Å². The van der Waals surface area contributed by atoms with Crippen LogP contribution >= 0.6 is 15.9 Å². The third kappa shape index (κ3) is 2.68. The lowest BCUT2D eigenvalue weighted by Gasteiger charge is -2.12. The highest BCUT2D eigenvalue weighted by Gasteiger charge is 2.15. The van der Waals surface area contributed by atoms with E-state index in [1.807, 2.05) is 12.1 Å². The number of halogens is 1. The van der Waals surface area contributed by atoms with Crippen molar-refractivity contribution in [2.24, 2.45) is 0 Å². The molecule has 1 aliphatic heterocycles. The highest BCUT2D eigenvalue weighted by molar-refractivity contribution is 9.10. The molecule has 2 nitrogen and oxygen atoms in total. The van der Waals surface area contributed by atoms with E-state index in [2.05, 4.69) is 40.2 Å². The molecule has 1 saturated heterocycles. The zero-order valence-electron chi connectivity index (χ0n) is 10.1. The second kappa shape index (κ2) is 5.29. The summed E-state index contributed by atoms with van der Waals surface area (Å²) < 4.78 is 12.4. The SMILES string of the molecule is Brc1ccc2cc(OC[C@H]3CCCO3)ccc2c1. The van der Waals surface area contributed by atoms with Gasteiger partial charge in [0.2, 0.25) is 0 Å². The fourth-order valence-electron chi connectivity index (χ4n) is 2.25. The smallest absolute Gasteiger partial charge is 0.120 e. The minimum Gasteiger partial charge on any atom is -0.491 e. The van der Waals surface area contributed by atoms with Crippen molar-refractivity contribution in [1.82, 2.24) is 0 Å². The van der Waals surface area contributed by atoms with Crippen LogP contribution in [0.5, 0.6) is 5.75 Å². The predicted molar refractivity (Wildman–Crippen MR) is 76.1 cm³/mol.